The molecule has 0 aromatic heterocycles. The number of carbonyl (C=O) groups excluding carboxylic acids is 1. The molecule has 3 nitrogen and oxygen atoms in total. The maximum Gasteiger partial charge on any atom is 0.192 e. The third-order valence-corrected chi connectivity index (χ3v) is 2.67. The van der Waals surface area contributed by atoms with Crippen molar-refractivity contribution in [3.8, 4) is 5.75 Å². The summed E-state index contributed by atoms with van der Waals surface area (Å²) in [6.07, 6.45) is 2.30. The summed E-state index contributed by atoms with van der Waals surface area (Å²) < 4.78 is 5.06. The first-order chi connectivity index (χ1) is 7.26. The van der Waals surface area contributed by atoms with Crippen LogP contribution in [0, 0.1) is 0 Å². The van der Waals surface area contributed by atoms with E-state index in [1.54, 1.807) is 13.2 Å². The fourth-order valence-electron chi connectivity index (χ4n) is 1.79. The van der Waals surface area contributed by atoms with Crippen LogP contribution in [0.4, 0.5) is 0 Å². The molecule has 1 aromatic carbocycles. The van der Waals surface area contributed by atoms with Crippen molar-refractivity contribution >= 4 is 5.78 Å². The van der Waals surface area contributed by atoms with E-state index in [-0.39, 0.29) is 5.78 Å². The maximum absolute atomic E-state index is 11.8. The Labute approximate surface area is 88.0 Å². The van der Waals surface area contributed by atoms with Gasteiger partial charge in [-0.3, -0.25) is 4.79 Å². The van der Waals surface area contributed by atoms with E-state index in [0.29, 0.717) is 23.3 Å². The van der Waals surface area contributed by atoms with Gasteiger partial charge in [0.05, 0.1) is 13.4 Å². The molecule has 0 saturated heterocycles. The monoisotopic (exact) mass is 204 g/mol. The minimum atomic E-state index is -0.0994. The molecule has 1 aromatic rings. The van der Waals surface area contributed by atoms with Crippen LogP contribution in [-0.4, -0.2) is 18.0 Å². The number of methoxy groups -OCH3 is 1. The fourth-order valence-corrected chi connectivity index (χ4v) is 1.79. The molecule has 0 unspecified atom stereocenters. The minimum absolute atomic E-state index is 0.0994. The minimum Gasteiger partial charge on any atom is -0.515 e. The van der Waals surface area contributed by atoms with E-state index in [4.69, 9.17) is 9.84 Å². The number of ketones is 1. The zero-order valence-corrected chi connectivity index (χ0v) is 8.49. The number of aliphatic hydroxyl groups excluding tert-OH is 1. The van der Waals surface area contributed by atoms with Crippen molar-refractivity contribution in [3.63, 3.8) is 0 Å². The number of hydrogen-bond acceptors (Lipinski definition) is 3. The lowest BCUT2D eigenvalue weighted by Gasteiger charge is -2.17. The van der Waals surface area contributed by atoms with Gasteiger partial charge < -0.3 is 9.84 Å². The largest absolute Gasteiger partial charge is 0.515 e. The van der Waals surface area contributed by atoms with Crippen LogP contribution in [0.3, 0.4) is 0 Å². The first-order valence-corrected chi connectivity index (χ1v) is 4.81. The molecule has 0 aliphatic heterocycles. The van der Waals surface area contributed by atoms with Gasteiger partial charge in [0.25, 0.3) is 0 Å². The Hall–Kier alpha value is -1.77. The van der Waals surface area contributed by atoms with E-state index >= 15 is 0 Å². The van der Waals surface area contributed by atoms with E-state index in [1.807, 2.05) is 12.1 Å². The fraction of sp³-hybridized carbons (Fsp3) is 0.250. The van der Waals surface area contributed by atoms with Crippen molar-refractivity contribution in [2.45, 2.75) is 12.8 Å². The molecular weight excluding hydrogens is 192 g/mol. The third-order valence-electron chi connectivity index (χ3n) is 2.67. The average Bonchev–Trinajstić information content (AvgIpc) is 2.29. The summed E-state index contributed by atoms with van der Waals surface area (Å²) in [6, 6.07) is 5.47. The predicted octanol–water partition coefficient (Wildman–Crippen LogP) is 2.27. The molecule has 0 radical (unpaired) electrons. The van der Waals surface area contributed by atoms with E-state index in [2.05, 4.69) is 0 Å². The van der Waals surface area contributed by atoms with E-state index in [1.165, 1.54) is 0 Å². The number of allylic oxidation sites excluding steroid dienone is 1. The first-order valence-electron chi connectivity index (χ1n) is 4.81. The number of hydrogen-bond donors (Lipinski definition) is 1. The molecule has 0 heterocycles. The van der Waals surface area contributed by atoms with Gasteiger partial charge in [0, 0.05) is 11.1 Å². The highest BCUT2D eigenvalue weighted by Crippen LogP contribution is 2.27. The van der Waals surface area contributed by atoms with Gasteiger partial charge in [0.1, 0.15) is 5.75 Å². The summed E-state index contributed by atoms with van der Waals surface area (Å²) in [4.78, 5) is 11.8. The Bertz CT molecular complexity index is 432. The average molecular weight is 204 g/mol. The summed E-state index contributed by atoms with van der Waals surface area (Å²) in [5, 5.41) is 8.90. The van der Waals surface area contributed by atoms with Gasteiger partial charge in [-0.05, 0) is 30.5 Å². The normalized spacial score (nSPS) is 17.7. The SMILES string of the molecule is COc1ccc2c(c1)C(=O)/C(=C\O)CC2. The molecule has 0 atom stereocenters. The summed E-state index contributed by atoms with van der Waals surface area (Å²) in [5.74, 6) is 0.568. The highest BCUT2D eigenvalue weighted by Gasteiger charge is 2.22. The van der Waals surface area contributed by atoms with Crippen molar-refractivity contribution in [2.24, 2.45) is 0 Å². The van der Waals surface area contributed by atoms with Crippen molar-refractivity contribution in [2.75, 3.05) is 7.11 Å². The highest BCUT2D eigenvalue weighted by molar-refractivity contribution is 6.10. The quantitative estimate of drug-likeness (QED) is 0.563. The smallest absolute Gasteiger partial charge is 0.192 e. The summed E-state index contributed by atoms with van der Waals surface area (Å²) in [7, 11) is 1.57. The Morgan fingerprint density at radius 1 is 1.40 bits per heavy atom. The van der Waals surface area contributed by atoms with Crippen LogP contribution >= 0.6 is 0 Å². The molecule has 0 fully saturated rings. The summed E-state index contributed by atoms with van der Waals surface area (Å²) in [5.41, 5.74) is 2.13. The maximum atomic E-state index is 11.8. The molecule has 2 rings (SSSR count). The number of aryl methyl sites for hydroxylation is 1. The zero-order chi connectivity index (χ0) is 10.8. The number of aliphatic hydroxyl groups is 1. The highest BCUT2D eigenvalue weighted by atomic mass is 16.5. The lowest BCUT2D eigenvalue weighted by atomic mass is 9.87. The Morgan fingerprint density at radius 2 is 2.20 bits per heavy atom. The van der Waals surface area contributed by atoms with Crippen LogP contribution < -0.4 is 4.74 Å². The van der Waals surface area contributed by atoms with Crippen molar-refractivity contribution in [1.29, 1.82) is 0 Å². The lowest BCUT2D eigenvalue weighted by molar-refractivity contribution is 0.102. The molecule has 1 aliphatic carbocycles. The van der Waals surface area contributed by atoms with Crippen LogP contribution in [-0.2, 0) is 6.42 Å². The van der Waals surface area contributed by atoms with E-state index in [9.17, 15) is 4.79 Å². The van der Waals surface area contributed by atoms with Crippen molar-refractivity contribution in [1.82, 2.24) is 0 Å². The second-order valence-corrected chi connectivity index (χ2v) is 3.51. The molecule has 0 saturated carbocycles. The topological polar surface area (TPSA) is 46.5 Å². The van der Waals surface area contributed by atoms with Gasteiger partial charge in [-0.2, -0.15) is 0 Å². The number of carbonyl (C=O) groups is 1. The Morgan fingerprint density at radius 3 is 2.87 bits per heavy atom. The number of benzene rings is 1. The van der Waals surface area contributed by atoms with Crippen molar-refractivity contribution in [3.05, 3.63) is 41.2 Å². The van der Waals surface area contributed by atoms with Crippen LogP contribution in [0.15, 0.2) is 30.0 Å². The van der Waals surface area contributed by atoms with E-state index < -0.39 is 0 Å². The summed E-state index contributed by atoms with van der Waals surface area (Å²) in [6.45, 7) is 0. The molecular formula is C12H12O3. The molecule has 0 bridgehead atoms. The number of fused-ring (bicyclic) bond motifs is 1. The van der Waals surface area contributed by atoms with Crippen LogP contribution in [0.5, 0.6) is 5.75 Å². The number of ether oxygens (including phenoxy) is 1. The molecule has 1 aliphatic rings. The molecule has 78 valence electrons. The van der Waals surface area contributed by atoms with Gasteiger partial charge in [-0.1, -0.05) is 6.07 Å². The van der Waals surface area contributed by atoms with Crippen molar-refractivity contribution < 1.29 is 14.6 Å². The van der Waals surface area contributed by atoms with Gasteiger partial charge in [0.2, 0.25) is 0 Å². The predicted molar refractivity (Wildman–Crippen MR) is 56.4 cm³/mol. The van der Waals surface area contributed by atoms with Gasteiger partial charge in [0.15, 0.2) is 5.78 Å². The third kappa shape index (κ3) is 1.61. The van der Waals surface area contributed by atoms with Gasteiger partial charge >= 0.3 is 0 Å². The second-order valence-electron chi connectivity index (χ2n) is 3.51. The lowest BCUT2D eigenvalue weighted by Crippen LogP contribution is -2.14. The molecule has 15 heavy (non-hydrogen) atoms. The Kier molecular flexibility index (Phi) is 2.46. The van der Waals surface area contributed by atoms with Crippen LogP contribution in [0.25, 0.3) is 0 Å². The molecule has 0 amide bonds. The molecule has 3 heteroatoms. The molecule has 1 N–H and O–H groups in total. The van der Waals surface area contributed by atoms with E-state index in [0.717, 1.165) is 18.2 Å². The number of rotatable bonds is 1. The van der Waals surface area contributed by atoms with Crippen LogP contribution in [0.1, 0.15) is 22.3 Å². The number of Topliss-reactive ketones (excluding diaryl/α,β-unsaturated/α-hetero) is 1. The summed E-state index contributed by atoms with van der Waals surface area (Å²) >= 11 is 0. The standard InChI is InChI=1S/C12H12O3/c1-15-10-5-4-8-2-3-9(7-13)12(14)11(8)6-10/h4-7,13H,2-3H2,1H3/b9-7-. The zero-order valence-electron chi connectivity index (χ0n) is 8.49. The van der Waals surface area contributed by atoms with Gasteiger partial charge in [-0.15, -0.1) is 0 Å². The first kappa shape index (κ1) is 9.77. The molecule has 0 spiro atoms. The van der Waals surface area contributed by atoms with Crippen LogP contribution in [0.2, 0.25) is 0 Å². The van der Waals surface area contributed by atoms with Gasteiger partial charge in [-0.25, -0.2) is 0 Å². The Balaban J connectivity index is 2.49. The second kappa shape index (κ2) is 3.77.